The van der Waals surface area contributed by atoms with E-state index in [1.165, 1.54) is 5.57 Å². The third-order valence-electron chi connectivity index (χ3n) is 2.76. The molecule has 110 valence electrons. The number of hydrogen-bond donors (Lipinski definition) is 1. The van der Waals surface area contributed by atoms with Crippen molar-refractivity contribution in [3.05, 3.63) is 23.8 Å². The van der Waals surface area contributed by atoms with Crippen LogP contribution in [0.25, 0.3) is 0 Å². The topological polar surface area (TPSA) is 23.5 Å². The highest BCUT2D eigenvalue weighted by Gasteiger charge is 2.21. The molecule has 0 aromatic carbocycles. The number of allylic oxidation sites excluding steroid dienone is 4. The van der Waals surface area contributed by atoms with Crippen molar-refractivity contribution in [1.82, 2.24) is 4.67 Å². The van der Waals surface area contributed by atoms with Gasteiger partial charge in [-0.2, -0.15) is 0 Å². The molecule has 2 unspecified atom stereocenters. The van der Waals surface area contributed by atoms with Gasteiger partial charge in [0, 0.05) is 6.42 Å². The van der Waals surface area contributed by atoms with Crippen LogP contribution in [0.4, 0.5) is 0 Å². The van der Waals surface area contributed by atoms with Crippen molar-refractivity contribution in [3.8, 4) is 11.8 Å². The monoisotopic (exact) mass is 291 g/mol. The number of hydrogen-bond acceptors (Lipinski definition) is 2. The van der Waals surface area contributed by atoms with Crippen molar-refractivity contribution < 1.29 is 5.11 Å². The molecule has 0 rings (SSSR count). The first-order chi connectivity index (χ1) is 9.47. The minimum atomic E-state index is -1.51. The number of aliphatic hydroxyl groups is 1. The summed E-state index contributed by atoms with van der Waals surface area (Å²) in [6.45, 7) is 6.22. The maximum atomic E-state index is 10.0. The van der Waals surface area contributed by atoms with E-state index in [9.17, 15) is 5.11 Å². The molecule has 4 heteroatoms. The van der Waals surface area contributed by atoms with E-state index in [4.69, 9.17) is 7.85 Å². The molecule has 0 spiro atoms. The Hall–Kier alpha value is -0.545. The van der Waals surface area contributed by atoms with Gasteiger partial charge in [-0.3, -0.25) is 4.67 Å². The summed E-state index contributed by atoms with van der Waals surface area (Å²) < 4.78 is 1.72. The molecule has 2 nitrogen and oxygen atoms in total. The van der Waals surface area contributed by atoms with E-state index in [2.05, 4.69) is 43.9 Å². The molecule has 0 fully saturated rings. The third-order valence-corrected chi connectivity index (χ3v) is 4.05. The molecule has 0 aromatic heterocycles. The maximum Gasteiger partial charge on any atom is 0.155 e. The molecule has 0 aliphatic carbocycles. The summed E-state index contributed by atoms with van der Waals surface area (Å²) in [4.78, 5) is 0. The predicted octanol–water partition coefficient (Wildman–Crippen LogP) is 3.43. The average Bonchev–Trinajstić information content (AvgIpc) is 2.42. The molecule has 0 aromatic rings. The second kappa shape index (κ2) is 11.2. The summed E-state index contributed by atoms with van der Waals surface area (Å²) in [5.74, 6) is 5.53. The van der Waals surface area contributed by atoms with Gasteiger partial charge in [-0.1, -0.05) is 50.5 Å². The largest absolute Gasteiger partial charge is 0.374 e. The molecule has 0 aliphatic rings. The highest BCUT2D eigenvalue weighted by Crippen LogP contribution is 2.25. The van der Waals surface area contributed by atoms with Crippen molar-refractivity contribution in [1.29, 1.82) is 0 Å². The van der Waals surface area contributed by atoms with Crippen LogP contribution < -0.4 is 0 Å². The Bertz CT molecular complexity index is 380. The fraction of sp³-hybridized carbons (Fsp3) is 0.625. The van der Waals surface area contributed by atoms with Gasteiger partial charge in [0.15, 0.2) is 7.85 Å². The van der Waals surface area contributed by atoms with Crippen LogP contribution in [0.3, 0.4) is 0 Å². The molecule has 2 radical (unpaired) electrons. The van der Waals surface area contributed by atoms with E-state index < -0.39 is 5.62 Å². The zero-order chi connectivity index (χ0) is 15.4. The minimum absolute atomic E-state index is 0.452. The molecule has 1 N–H and O–H groups in total. The van der Waals surface area contributed by atoms with Crippen LogP contribution in [0, 0.1) is 11.8 Å². The normalized spacial score (nSPS) is 15.8. The lowest BCUT2D eigenvalue weighted by Crippen LogP contribution is -2.41. The van der Waals surface area contributed by atoms with Gasteiger partial charge in [-0.25, -0.2) is 0 Å². The van der Waals surface area contributed by atoms with Crippen molar-refractivity contribution >= 4 is 16.6 Å². The van der Waals surface area contributed by atoms with Crippen molar-refractivity contribution in [2.75, 3.05) is 13.2 Å². The quantitative estimate of drug-likeness (QED) is 0.243. The first-order valence-corrected chi connectivity index (χ1v) is 8.47. The van der Waals surface area contributed by atoms with Crippen LogP contribution in [0.1, 0.15) is 46.5 Å². The van der Waals surface area contributed by atoms with Gasteiger partial charge in [-0.05, 0) is 41.2 Å². The van der Waals surface area contributed by atoms with Gasteiger partial charge in [-0.15, -0.1) is 5.92 Å². The van der Waals surface area contributed by atoms with Gasteiger partial charge in [0.05, 0.1) is 0 Å². The maximum absolute atomic E-state index is 10.0. The van der Waals surface area contributed by atoms with E-state index in [1.807, 2.05) is 14.0 Å². The second-order valence-corrected chi connectivity index (χ2v) is 6.08. The highest BCUT2D eigenvalue weighted by molar-refractivity contribution is 7.35. The van der Waals surface area contributed by atoms with Gasteiger partial charge >= 0.3 is 0 Å². The summed E-state index contributed by atoms with van der Waals surface area (Å²) in [6.07, 6.45) is 11.4. The van der Waals surface area contributed by atoms with Crippen LogP contribution in [0.15, 0.2) is 23.8 Å². The fourth-order valence-electron chi connectivity index (χ4n) is 1.58. The lowest BCUT2D eigenvalue weighted by molar-refractivity contribution is 0.0934. The van der Waals surface area contributed by atoms with Crippen LogP contribution in [-0.4, -0.2) is 36.5 Å². The summed E-state index contributed by atoms with van der Waals surface area (Å²) in [5.41, 5.74) is -0.155. The molecular formula is C16H27BNOP. The zero-order valence-electron chi connectivity index (χ0n) is 13.2. The van der Waals surface area contributed by atoms with Crippen molar-refractivity contribution in [2.24, 2.45) is 0 Å². The first kappa shape index (κ1) is 19.5. The Morgan fingerprint density at radius 1 is 1.35 bits per heavy atom. The predicted molar refractivity (Wildman–Crippen MR) is 92.1 cm³/mol. The van der Waals surface area contributed by atoms with Crippen LogP contribution in [0.2, 0.25) is 0 Å². The molecule has 20 heavy (non-hydrogen) atoms. The summed E-state index contributed by atoms with van der Waals surface area (Å²) in [5, 5.41) is 10.0. The molecule has 0 saturated heterocycles. The zero-order valence-corrected chi connectivity index (χ0v) is 14.2. The molecule has 2 atom stereocenters. The fourth-order valence-corrected chi connectivity index (χ4v) is 2.61. The Labute approximate surface area is 128 Å². The molecule has 0 amide bonds. The van der Waals surface area contributed by atoms with Gasteiger partial charge in [0.25, 0.3) is 0 Å². The van der Waals surface area contributed by atoms with E-state index in [0.29, 0.717) is 15.2 Å². The lowest BCUT2D eigenvalue weighted by atomic mass is 9.92. The molecule has 0 aliphatic heterocycles. The minimum Gasteiger partial charge on any atom is -0.374 e. The standard InChI is InChI=1S/C16H27BNOP/c1-5-8-11-15(10-7-3)12-14-20-18(4)16(17,19)13-9-6-2/h8,10-11,19-20H,5-7,12,14H2,1-4H3/b11-8-,15-10+. The summed E-state index contributed by atoms with van der Waals surface area (Å²) in [7, 11) is 8.05. The van der Waals surface area contributed by atoms with Gasteiger partial charge < -0.3 is 5.11 Å². The Morgan fingerprint density at radius 3 is 2.60 bits per heavy atom. The number of nitrogens with zero attached hydrogens (tertiary/aromatic N) is 1. The Kier molecular flexibility index (Phi) is 10.8. The average molecular weight is 291 g/mol. The molecule has 0 bridgehead atoms. The van der Waals surface area contributed by atoms with E-state index in [0.717, 1.165) is 25.4 Å². The molecular weight excluding hydrogens is 264 g/mol. The van der Waals surface area contributed by atoms with E-state index in [-0.39, 0.29) is 0 Å². The van der Waals surface area contributed by atoms with Crippen LogP contribution in [0.5, 0.6) is 0 Å². The summed E-state index contributed by atoms with van der Waals surface area (Å²) >= 11 is 0. The van der Waals surface area contributed by atoms with E-state index >= 15 is 0 Å². The smallest absolute Gasteiger partial charge is 0.155 e. The third kappa shape index (κ3) is 8.59. The number of rotatable bonds is 8. The lowest BCUT2D eigenvalue weighted by Gasteiger charge is -2.29. The van der Waals surface area contributed by atoms with Gasteiger partial charge in [0.1, 0.15) is 5.62 Å². The van der Waals surface area contributed by atoms with Gasteiger partial charge in [0.2, 0.25) is 0 Å². The van der Waals surface area contributed by atoms with Crippen molar-refractivity contribution in [3.63, 3.8) is 0 Å². The molecule has 0 saturated carbocycles. The Balaban J connectivity index is 4.33. The first-order valence-electron chi connectivity index (χ1n) is 7.32. The van der Waals surface area contributed by atoms with E-state index in [1.54, 1.807) is 4.67 Å². The van der Waals surface area contributed by atoms with Crippen LogP contribution in [-0.2, 0) is 0 Å². The second-order valence-electron chi connectivity index (χ2n) is 4.60. The summed E-state index contributed by atoms with van der Waals surface area (Å²) in [6, 6.07) is 0. The molecule has 0 heterocycles. The SMILES string of the molecule is [B]C(O)(C#CCC)N(C)PCCC(/C=C\CC)=C/CC. The Morgan fingerprint density at radius 2 is 2.05 bits per heavy atom. The van der Waals surface area contributed by atoms with Crippen molar-refractivity contribution in [2.45, 2.75) is 52.1 Å². The highest BCUT2D eigenvalue weighted by atomic mass is 31.1. The van der Waals surface area contributed by atoms with Crippen LogP contribution >= 0.6 is 8.73 Å².